The van der Waals surface area contributed by atoms with Gasteiger partial charge in [0.2, 0.25) is 5.95 Å². The molecule has 0 spiro atoms. The zero-order valence-corrected chi connectivity index (χ0v) is 16.9. The molecular weight excluding hydrogens is 348 g/mol. The van der Waals surface area contributed by atoms with Crippen LogP contribution in [-0.4, -0.2) is 27.8 Å². The fraction of sp³-hybridized carbons (Fsp3) is 0.261. The first-order valence-electron chi connectivity index (χ1n) is 9.48. The molecule has 5 nitrogen and oxygen atoms in total. The van der Waals surface area contributed by atoms with Gasteiger partial charge in [0, 0.05) is 25.0 Å². The summed E-state index contributed by atoms with van der Waals surface area (Å²) in [6.45, 7) is 6.57. The van der Waals surface area contributed by atoms with Gasteiger partial charge >= 0.3 is 0 Å². The third kappa shape index (κ3) is 4.55. The summed E-state index contributed by atoms with van der Waals surface area (Å²) in [6, 6.07) is 17.8. The predicted molar refractivity (Wildman–Crippen MR) is 113 cm³/mol. The summed E-state index contributed by atoms with van der Waals surface area (Å²) in [4.78, 5) is 23.5. The van der Waals surface area contributed by atoms with Gasteiger partial charge in [-0.15, -0.1) is 0 Å². The Hall–Kier alpha value is -3.21. The molecule has 1 aromatic heterocycles. The number of para-hydroxylation sites is 1. The van der Waals surface area contributed by atoms with Gasteiger partial charge in [-0.05, 0) is 43.0 Å². The van der Waals surface area contributed by atoms with Gasteiger partial charge < -0.3 is 10.2 Å². The molecule has 0 aliphatic heterocycles. The Morgan fingerprint density at radius 3 is 2.50 bits per heavy atom. The molecule has 2 aromatic carbocycles. The maximum atomic E-state index is 12.9. The number of benzene rings is 2. The minimum atomic E-state index is -0.127. The molecule has 144 valence electrons. The first-order valence-corrected chi connectivity index (χ1v) is 9.48. The Kier molecular flexibility index (Phi) is 6.04. The van der Waals surface area contributed by atoms with Gasteiger partial charge in [-0.2, -0.15) is 0 Å². The first-order chi connectivity index (χ1) is 13.5. The maximum Gasteiger partial charge on any atom is 0.272 e. The van der Waals surface area contributed by atoms with E-state index in [1.807, 2.05) is 43.3 Å². The lowest BCUT2D eigenvalue weighted by Gasteiger charge is -2.18. The summed E-state index contributed by atoms with van der Waals surface area (Å²) >= 11 is 0. The summed E-state index contributed by atoms with van der Waals surface area (Å²) in [5.41, 5.74) is 5.54. The van der Waals surface area contributed by atoms with Gasteiger partial charge in [0.1, 0.15) is 5.69 Å². The average Bonchev–Trinajstić information content (AvgIpc) is 2.69. The Morgan fingerprint density at radius 2 is 1.79 bits per heavy atom. The van der Waals surface area contributed by atoms with Gasteiger partial charge in [0.05, 0.1) is 0 Å². The van der Waals surface area contributed by atoms with Gasteiger partial charge in [0.25, 0.3) is 5.91 Å². The fourth-order valence-electron chi connectivity index (χ4n) is 3.17. The van der Waals surface area contributed by atoms with E-state index in [2.05, 4.69) is 41.3 Å². The molecule has 3 aromatic rings. The third-order valence-electron chi connectivity index (χ3n) is 4.66. The molecule has 0 fully saturated rings. The topological polar surface area (TPSA) is 58.1 Å². The van der Waals surface area contributed by atoms with Crippen molar-refractivity contribution < 1.29 is 4.79 Å². The van der Waals surface area contributed by atoms with Crippen molar-refractivity contribution in [2.24, 2.45) is 0 Å². The highest BCUT2D eigenvalue weighted by Gasteiger charge is 2.16. The molecule has 0 radical (unpaired) electrons. The Morgan fingerprint density at radius 1 is 1.04 bits per heavy atom. The number of aromatic nitrogens is 2. The van der Waals surface area contributed by atoms with Crippen molar-refractivity contribution in [1.29, 1.82) is 0 Å². The summed E-state index contributed by atoms with van der Waals surface area (Å²) < 4.78 is 0. The molecule has 0 atom stereocenters. The molecule has 0 aliphatic carbocycles. The van der Waals surface area contributed by atoms with Crippen LogP contribution in [0.3, 0.4) is 0 Å². The number of nitrogens with one attached hydrogen (secondary N) is 1. The molecule has 0 saturated carbocycles. The van der Waals surface area contributed by atoms with Crippen molar-refractivity contribution in [3.8, 4) is 0 Å². The van der Waals surface area contributed by atoms with E-state index in [1.165, 1.54) is 5.56 Å². The summed E-state index contributed by atoms with van der Waals surface area (Å²) in [5.74, 6) is 0.318. The predicted octanol–water partition coefficient (Wildman–Crippen LogP) is 4.67. The lowest BCUT2D eigenvalue weighted by molar-refractivity contribution is 0.0779. The molecule has 0 saturated heterocycles. The highest BCUT2D eigenvalue weighted by molar-refractivity contribution is 5.92. The van der Waals surface area contributed by atoms with Crippen LogP contribution in [0.15, 0.2) is 54.6 Å². The van der Waals surface area contributed by atoms with Crippen LogP contribution < -0.4 is 5.32 Å². The molecule has 1 amide bonds. The largest absolute Gasteiger partial charge is 0.336 e. The van der Waals surface area contributed by atoms with Crippen molar-refractivity contribution in [3.63, 3.8) is 0 Å². The van der Waals surface area contributed by atoms with E-state index >= 15 is 0 Å². The lowest BCUT2D eigenvalue weighted by Crippen LogP contribution is -2.27. The van der Waals surface area contributed by atoms with Gasteiger partial charge in [-0.3, -0.25) is 4.79 Å². The normalized spacial score (nSPS) is 10.6. The lowest BCUT2D eigenvalue weighted by atomic mass is 10.1. The number of carbonyl (C=O) groups excluding carboxylic acids is 1. The van der Waals surface area contributed by atoms with Crippen molar-refractivity contribution in [2.45, 2.75) is 33.7 Å². The molecular formula is C23H26N4O. The number of rotatable bonds is 6. The molecule has 0 aliphatic rings. The second-order valence-electron chi connectivity index (χ2n) is 6.95. The van der Waals surface area contributed by atoms with Crippen LogP contribution in [0.25, 0.3) is 0 Å². The molecule has 1 heterocycles. The Bertz CT molecular complexity index is 970. The van der Waals surface area contributed by atoms with Crippen LogP contribution in [0.5, 0.6) is 0 Å². The molecule has 5 heteroatoms. The van der Waals surface area contributed by atoms with E-state index < -0.39 is 0 Å². The zero-order valence-electron chi connectivity index (χ0n) is 16.9. The number of anilines is 2. The molecule has 0 unspecified atom stereocenters. The fourth-order valence-corrected chi connectivity index (χ4v) is 3.17. The van der Waals surface area contributed by atoms with Crippen molar-refractivity contribution in [2.75, 3.05) is 12.4 Å². The van der Waals surface area contributed by atoms with Crippen LogP contribution in [0.1, 0.15) is 39.8 Å². The Balaban J connectivity index is 1.84. The second kappa shape index (κ2) is 8.65. The van der Waals surface area contributed by atoms with Gasteiger partial charge in [-0.1, -0.05) is 55.5 Å². The monoisotopic (exact) mass is 374 g/mol. The number of nitrogens with zero attached hydrogens (tertiary/aromatic N) is 3. The van der Waals surface area contributed by atoms with Crippen molar-refractivity contribution >= 4 is 17.5 Å². The van der Waals surface area contributed by atoms with Crippen LogP contribution in [0, 0.1) is 13.8 Å². The highest BCUT2D eigenvalue weighted by atomic mass is 16.2. The molecule has 28 heavy (non-hydrogen) atoms. The maximum absolute atomic E-state index is 12.9. The smallest absolute Gasteiger partial charge is 0.272 e. The molecule has 1 N–H and O–H groups in total. The summed E-state index contributed by atoms with van der Waals surface area (Å²) in [7, 11) is 1.79. The van der Waals surface area contributed by atoms with Crippen molar-refractivity contribution in [1.82, 2.24) is 14.9 Å². The second-order valence-corrected chi connectivity index (χ2v) is 6.95. The highest BCUT2D eigenvalue weighted by Crippen LogP contribution is 2.24. The SMILES string of the molecule is CCc1cccc(C)c1Nc1nc(C)cc(C(=O)N(C)Cc2ccccc2)n1. The number of aryl methyl sites for hydroxylation is 3. The average molecular weight is 374 g/mol. The number of amides is 1. The van der Waals surface area contributed by atoms with E-state index in [0.717, 1.165) is 28.9 Å². The Labute approximate surface area is 166 Å². The third-order valence-corrected chi connectivity index (χ3v) is 4.66. The number of carbonyl (C=O) groups is 1. The standard InChI is InChI=1S/C23H26N4O/c1-5-19-13-9-10-16(2)21(19)26-23-24-17(3)14-20(25-23)22(28)27(4)15-18-11-7-6-8-12-18/h6-14H,5,15H2,1-4H3,(H,24,25,26). The van der Waals surface area contributed by atoms with Crippen LogP contribution >= 0.6 is 0 Å². The summed E-state index contributed by atoms with van der Waals surface area (Å²) in [5, 5.41) is 3.32. The quantitative estimate of drug-likeness (QED) is 0.681. The molecule has 0 bridgehead atoms. The van der Waals surface area contributed by atoms with Crippen LogP contribution in [0.4, 0.5) is 11.6 Å². The van der Waals surface area contributed by atoms with E-state index in [-0.39, 0.29) is 5.91 Å². The minimum Gasteiger partial charge on any atom is -0.336 e. The van der Waals surface area contributed by atoms with Crippen LogP contribution in [0.2, 0.25) is 0 Å². The minimum absolute atomic E-state index is 0.127. The van der Waals surface area contributed by atoms with Crippen LogP contribution in [-0.2, 0) is 13.0 Å². The first kappa shape index (κ1) is 19.5. The number of hydrogen-bond acceptors (Lipinski definition) is 4. The van der Waals surface area contributed by atoms with E-state index in [9.17, 15) is 4.79 Å². The number of hydrogen-bond donors (Lipinski definition) is 1. The van der Waals surface area contributed by atoms with Gasteiger partial charge in [0.15, 0.2) is 0 Å². The zero-order chi connectivity index (χ0) is 20.1. The van der Waals surface area contributed by atoms with E-state index in [1.54, 1.807) is 18.0 Å². The van der Waals surface area contributed by atoms with E-state index in [4.69, 9.17) is 0 Å². The summed E-state index contributed by atoms with van der Waals surface area (Å²) in [6.07, 6.45) is 0.904. The van der Waals surface area contributed by atoms with Crippen molar-refractivity contribution in [3.05, 3.63) is 82.7 Å². The van der Waals surface area contributed by atoms with E-state index in [0.29, 0.717) is 18.2 Å². The van der Waals surface area contributed by atoms with Gasteiger partial charge in [-0.25, -0.2) is 9.97 Å². The molecule has 3 rings (SSSR count).